The highest BCUT2D eigenvalue weighted by molar-refractivity contribution is 7.87. The molecule has 3 rings (SSSR count). The van der Waals surface area contributed by atoms with Crippen LogP contribution in [0, 0.1) is 17.0 Å². The van der Waals surface area contributed by atoms with Gasteiger partial charge in [0.1, 0.15) is 5.15 Å². The van der Waals surface area contributed by atoms with Gasteiger partial charge in [-0.2, -0.15) is 13.5 Å². The number of non-ortho nitro benzene ring substituents is 1. The second kappa shape index (κ2) is 6.71. The third kappa shape index (κ3) is 3.30. The van der Waals surface area contributed by atoms with Gasteiger partial charge in [0.2, 0.25) is 0 Å². The first-order valence-electron chi connectivity index (χ1n) is 7.16. The third-order valence-corrected chi connectivity index (χ3v) is 6.35. The van der Waals surface area contributed by atoms with Crippen LogP contribution >= 0.6 is 22.9 Å². The summed E-state index contributed by atoms with van der Waals surface area (Å²) >= 11 is 7.33. The van der Waals surface area contributed by atoms with E-state index in [9.17, 15) is 18.5 Å². The lowest BCUT2D eigenvalue weighted by Crippen LogP contribution is -2.11. The average molecular weight is 414 g/mol. The molecular formula is C15H12ClN3O5S2. The summed E-state index contributed by atoms with van der Waals surface area (Å²) in [6.45, 7) is 1.50. The summed E-state index contributed by atoms with van der Waals surface area (Å²) in [5.74, 6) is -0.0302. The fourth-order valence-electron chi connectivity index (χ4n) is 2.38. The number of nitro groups is 1. The number of hydrogen-bond donors (Lipinski definition) is 0. The molecule has 0 amide bonds. The fourth-order valence-corrected chi connectivity index (χ4v) is 4.79. The van der Waals surface area contributed by atoms with Crippen molar-refractivity contribution in [2.75, 3.05) is 0 Å². The minimum absolute atomic E-state index is 0.0302. The summed E-state index contributed by atoms with van der Waals surface area (Å²) < 4.78 is 31.9. The number of thiophene rings is 1. The number of rotatable bonds is 5. The van der Waals surface area contributed by atoms with Gasteiger partial charge in [-0.15, -0.1) is 11.3 Å². The Morgan fingerprint density at radius 2 is 2.08 bits per heavy atom. The minimum Gasteiger partial charge on any atom is -0.378 e. The van der Waals surface area contributed by atoms with Crippen LogP contribution in [0.25, 0.3) is 10.4 Å². The first-order chi connectivity index (χ1) is 12.2. The monoisotopic (exact) mass is 413 g/mol. The molecule has 1 aromatic carbocycles. The van der Waals surface area contributed by atoms with E-state index in [-0.39, 0.29) is 27.2 Å². The number of aromatic nitrogens is 2. The van der Waals surface area contributed by atoms with Gasteiger partial charge in [0, 0.05) is 29.6 Å². The van der Waals surface area contributed by atoms with Gasteiger partial charge in [-0.05, 0) is 24.4 Å². The van der Waals surface area contributed by atoms with Gasteiger partial charge in [0.15, 0.2) is 10.6 Å². The van der Waals surface area contributed by atoms with E-state index in [2.05, 4.69) is 5.10 Å². The van der Waals surface area contributed by atoms with E-state index in [0.717, 1.165) is 0 Å². The van der Waals surface area contributed by atoms with Gasteiger partial charge >= 0.3 is 10.1 Å². The molecule has 0 radical (unpaired) electrons. The fraction of sp³-hybridized carbons (Fsp3) is 0.133. The van der Waals surface area contributed by atoms with Crippen molar-refractivity contribution in [3.8, 4) is 16.2 Å². The number of aryl methyl sites for hydroxylation is 2. The average Bonchev–Trinajstić information content (AvgIpc) is 3.16. The summed E-state index contributed by atoms with van der Waals surface area (Å²) in [5, 5.41) is 16.7. The van der Waals surface area contributed by atoms with E-state index >= 15 is 0 Å². The Morgan fingerprint density at radius 3 is 2.62 bits per heavy atom. The van der Waals surface area contributed by atoms with E-state index in [1.807, 2.05) is 0 Å². The van der Waals surface area contributed by atoms with Crippen molar-refractivity contribution in [3.05, 3.63) is 56.7 Å². The second-order valence-corrected chi connectivity index (χ2v) is 8.07. The first-order valence-corrected chi connectivity index (χ1v) is 9.83. The topological polar surface area (TPSA) is 104 Å². The van der Waals surface area contributed by atoms with Gasteiger partial charge in [-0.25, -0.2) is 0 Å². The molecule has 136 valence electrons. The highest BCUT2D eigenvalue weighted by Gasteiger charge is 2.29. The van der Waals surface area contributed by atoms with Crippen LogP contribution in [0.5, 0.6) is 5.75 Å². The van der Waals surface area contributed by atoms with Gasteiger partial charge in [0.05, 0.1) is 10.6 Å². The lowest BCUT2D eigenvalue weighted by atomic mass is 10.1. The molecular weight excluding hydrogens is 402 g/mol. The summed E-state index contributed by atoms with van der Waals surface area (Å²) in [6, 6.07) is 7.17. The summed E-state index contributed by atoms with van der Waals surface area (Å²) in [7, 11) is -2.77. The Morgan fingerprint density at radius 1 is 1.35 bits per heavy atom. The molecule has 0 fully saturated rings. The van der Waals surface area contributed by atoms with Crippen molar-refractivity contribution in [2.45, 2.75) is 11.8 Å². The van der Waals surface area contributed by atoms with Crippen molar-refractivity contribution < 1.29 is 17.5 Å². The molecule has 8 nitrogen and oxygen atoms in total. The zero-order chi connectivity index (χ0) is 19.1. The van der Waals surface area contributed by atoms with Crippen molar-refractivity contribution in [1.82, 2.24) is 9.78 Å². The largest absolute Gasteiger partial charge is 0.378 e. The van der Waals surface area contributed by atoms with E-state index in [0.29, 0.717) is 10.4 Å². The summed E-state index contributed by atoms with van der Waals surface area (Å²) in [4.78, 5) is 10.9. The number of nitro benzene ring substituents is 1. The molecule has 26 heavy (non-hydrogen) atoms. The van der Waals surface area contributed by atoms with Crippen LogP contribution in [0.15, 0.2) is 40.6 Å². The highest BCUT2D eigenvalue weighted by atomic mass is 35.5. The van der Waals surface area contributed by atoms with Crippen LogP contribution in [0.3, 0.4) is 0 Å². The molecule has 0 atom stereocenters. The molecule has 3 aromatic rings. The smallest absolute Gasteiger partial charge is 0.344 e. The summed E-state index contributed by atoms with van der Waals surface area (Å²) in [5.41, 5.74) is 0.321. The molecule has 0 aliphatic heterocycles. The molecule has 0 bridgehead atoms. The number of halogens is 1. The molecule has 0 saturated heterocycles. The van der Waals surface area contributed by atoms with Gasteiger partial charge < -0.3 is 4.18 Å². The maximum absolute atomic E-state index is 12.7. The molecule has 2 aromatic heterocycles. The zero-order valence-corrected chi connectivity index (χ0v) is 15.9. The maximum atomic E-state index is 12.7. The Bertz CT molecular complexity index is 1090. The predicted octanol–water partition coefficient (Wildman–Crippen LogP) is 3.79. The Balaban J connectivity index is 2.11. The lowest BCUT2D eigenvalue weighted by Gasteiger charge is -2.10. The van der Waals surface area contributed by atoms with E-state index in [1.54, 1.807) is 17.5 Å². The SMILES string of the molecule is Cc1nn(C)c(Cl)c1S(=O)(=O)Oc1ccc([N+](=O)[O-])cc1-c1cccs1. The first kappa shape index (κ1) is 18.4. The zero-order valence-electron chi connectivity index (χ0n) is 13.5. The third-order valence-electron chi connectivity index (χ3n) is 3.51. The molecule has 0 aliphatic rings. The molecule has 0 N–H and O–H groups in total. The molecule has 0 aliphatic carbocycles. The van der Waals surface area contributed by atoms with Gasteiger partial charge in [-0.1, -0.05) is 17.7 Å². The quantitative estimate of drug-likeness (QED) is 0.358. The molecule has 11 heteroatoms. The Hall–Kier alpha value is -2.43. The second-order valence-electron chi connectivity index (χ2n) is 5.28. The minimum atomic E-state index is -4.28. The van der Waals surface area contributed by atoms with E-state index < -0.39 is 15.0 Å². The molecule has 0 saturated carbocycles. The predicted molar refractivity (Wildman–Crippen MR) is 97.2 cm³/mol. The Labute approximate surface area is 157 Å². The number of benzene rings is 1. The number of nitrogens with zero attached hydrogens (tertiary/aromatic N) is 3. The maximum Gasteiger partial charge on any atom is 0.344 e. The Kier molecular flexibility index (Phi) is 4.74. The van der Waals surface area contributed by atoms with Crippen LogP contribution in [-0.2, 0) is 17.2 Å². The molecule has 0 unspecified atom stereocenters. The van der Waals surface area contributed by atoms with Crippen molar-refractivity contribution in [3.63, 3.8) is 0 Å². The van der Waals surface area contributed by atoms with Crippen LogP contribution < -0.4 is 4.18 Å². The standard InChI is InChI=1S/C15H12ClN3O5S2/c1-9-14(15(16)18(2)17-9)26(22,23)24-12-6-5-10(19(20)21)8-11(12)13-4-3-7-25-13/h3-8H,1-2H3. The van der Waals surface area contributed by atoms with Gasteiger partial charge in [-0.3, -0.25) is 14.8 Å². The van der Waals surface area contributed by atoms with Crippen LogP contribution in [0.4, 0.5) is 5.69 Å². The number of hydrogen-bond acceptors (Lipinski definition) is 7. The van der Waals surface area contributed by atoms with Crippen LogP contribution in [0.1, 0.15) is 5.69 Å². The normalized spacial score (nSPS) is 11.5. The van der Waals surface area contributed by atoms with Crippen LogP contribution in [0.2, 0.25) is 5.15 Å². The molecule has 0 spiro atoms. The highest BCUT2D eigenvalue weighted by Crippen LogP contribution is 2.38. The van der Waals surface area contributed by atoms with Crippen molar-refractivity contribution in [1.29, 1.82) is 0 Å². The van der Waals surface area contributed by atoms with Crippen molar-refractivity contribution >= 4 is 38.7 Å². The summed E-state index contributed by atoms with van der Waals surface area (Å²) in [6.07, 6.45) is 0. The van der Waals surface area contributed by atoms with Crippen molar-refractivity contribution in [2.24, 2.45) is 7.05 Å². The van der Waals surface area contributed by atoms with E-state index in [4.69, 9.17) is 15.8 Å². The van der Waals surface area contributed by atoms with Crippen LogP contribution in [-0.4, -0.2) is 23.1 Å². The lowest BCUT2D eigenvalue weighted by molar-refractivity contribution is -0.384. The van der Waals surface area contributed by atoms with E-state index in [1.165, 1.54) is 48.2 Å². The molecule has 2 heterocycles. The van der Waals surface area contributed by atoms with Gasteiger partial charge in [0.25, 0.3) is 5.69 Å².